The zero-order chi connectivity index (χ0) is 23.6. The highest BCUT2D eigenvalue weighted by molar-refractivity contribution is 5.89. The molecule has 176 valence electrons. The molecule has 0 bridgehead atoms. The lowest BCUT2D eigenvalue weighted by Crippen LogP contribution is -2.33. The van der Waals surface area contributed by atoms with Gasteiger partial charge in [0.15, 0.2) is 17.3 Å². The molecular weight excluding hydrogens is 420 g/mol. The second kappa shape index (κ2) is 9.49. The summed E-state index contributed by atoms with van der Waals surface area (Å²) >= 11 is 0. The lowest BCUT2D eigenvalue weighted by Gasteiger charge is -2.23. The molecular formula is C24H32N6O3. The van der Waals surface area contributed by atoms with Crippen molar-refractivity contribution in [3.05, 3.63) is 17.6 Å². The quantitative estimate of drug-likeness (QED) is 0.549. The van der Waals surface area contributed by atoms with Crippen molar-refractivity contribution >= 4 is 11.0 Å². The first kappa shape index (κ1) is 23.2. The average Bonchev–Trinajstić information content (AvgIpc) is 3.41. The van der Waals surface area contributed by atoms with Crippen LogP contribution in [0.1, 0.15) is 64.8 Å². The monoisotopic (exact) mass is 452 g/mol. The van der Waals surface area contributed by atoms with E-state index in [1.165, 1.54) is 0 Å². The Morgan fingerprint density at radius 2 is 2.18 bits per heavy atom. The van der Waals surface area contributed by atoms with Crippen LogP contribution in [0.25, 0.3) is 22.6 Å². The van der Waals surface area contributed by atoms with Gasteiger partial charge in [-0.3, -0.25) is 0 Å². The number of ether oxygens (including phenoxy) is 1. The highest BCUT2D eigenvalue weighted by atomic mass is 16.6. The zero-order valence-corrected chi connectivity index (χ0v) is 20.0. The van der Waals surface area contributed by atoms with Crippen LogP contribution in [0.2, 0.25) is 0 Å². The minimum absolute atomic E-state index is 0.124. The Morgan fingerprint density at radius 3 is 2.85 bits per heavy atom. The molecule has 1 saturated heterocycles. The van der Waals surface area contributed by atoms with Gasteiger partial charge >= 0.3 is 0 Å². The van der Waals surface area contributed by atoms with E-state index in [9.17, 15) is 5.11 Å². The van der Waals surface area contributed by atoms with Crippen LogP contribution in [-0.2, 0) is 6.54 Å². The normalized spacial score (nSPS) is 16.8. The highest BCUT2D eigenvalue weighted by Gasteiger charge is 2.25. The molecule has 1 unspecified atom stereocenters. The van der Waals surface area contributed by atoms with E-state index in [2.05, 4.69) is 32.5 Å². The van der Waals surface area contributed by atoms with E-state index in [0.717, 1.165) is 37.1 Å². The van der Waals surface area contributed by atoms with Gasteiger partial charge in [0.1, 0.15) is 28.0 Å². The summed E-state index contributed by atoms with van der Waals surface area (Å²) in [6, 6.07) is 0. The number of pyridine rings is 1. The van der Waals surface area contributed by atoms with Crippen molar-refractivity contribution in [2.75, 3.05) is 19.7 Å². The largest absolute Gasteiger partial charge is 0.489 e. The third-order valence-electron chi connectivity index (χ3n) is 5.69. The summed E-state index contributed by atoms with van der Waals surface area (Å²) < 4.78 is 13.4. The van der Waals surface area contributed by atoms with Gasteiger partial charge in [-0.25, -0.2) is 14.6 Å². The van der Waals surface area contributed by atoms with Gasteiger partial charge in [-0.1, -0.05) is 24.9 Å². The number of imidazole rings is 1. The number of nitrogens with one attached hydrogen (secondary N) is 1. The Kier molecular flexibility index (Phi) is 6.68. The number of aliphatic hydroxyl groups is 1. The van der Waals surface area contributed by atoms with Crippen LogP contribution in [0.3, 0.4) is 0 Å². The van der Waals surface area contributed by atoms with Gasteiger partial charge in [0.25, 0.3) is 0 Å². The molecule has 4 rings (SSSR count). The van der Waals surface area contributed by atoms with Crippen molar-refractivity contribution < 1.29 is 14.5 Å². The molecule has 0 amide bonds. The molecule has 9 nitrogen and oxygen atoms in total. The van der Waals surface area contributed by atoms with Crippen LogP contribution >= 0.6 is 0 Å². The number of rotatable bonds is 6. The van der Waals surface area contributed by atoms with E-state index in [1.807, 2.05) is 25.3 Å². The summed E-state index contributed by atoms with van der Waals surface area (Å²) in [4.78, 5) is 9.43. The summed E-state index contributed by atoms with van der Waals surface area (Å²) in [6.07, 6.45) is 4.00. The molecule has 1 aliphatic heterocycles. The van der Waals surface area contributed by atoms with Crippen LogP contribution < -0.4 is 10.1 Å². The Bertz CT molecular complexity index is 1170. The van der Waals surface area contributed by atoms with E-state index < -0.39 is 5.60 Å². The first-order chi connectivity index (χ1) is 15.8. The predicted molar refractivity (Wildman–Crippen MR) is 125 cm³/mol. The van der Waals surface area contributed by atoms with Crippen molar-refractivity contribution in [2.45, 2.75) is 65.5 Å². The fourth-order valence-electron chi connectivity index (χ4n) is 4.01. The molecule has 4 heterocycles. The standard InChI is InChI=1S/C24H32N6O3/c1-6-30-22-18(32-14-16-8-7-11-25-12-16)13-26-17(9-10-24(4,5)31)20(22)27-23(30)21-19(15(2)3)28-33-29-21/h13,15-16,25,31H,6-8,11-12,14H2,1-5H3. The molecule has 1 fully saturated rings. The number of fused-ring (bicyclic) bond motifs is 1. The first-order valence-corrected chi connectivity index (χ1v) is 11.6. The number of aryl methyl sites for hydroxylation is 1. The molecule has 2 N–H and O–H groups in total. The Morgan fingerprint density at radius 1 is 1.36 bits per heavy atom. The first-order valence-electron chi connectivity index (χ1n) is 11.6. The minimum atomic E-state index is -1.14. The van der Waals surface area contributed by atoms with Crippen molar-refractivity contribution in [1.29, 1.82) is 0 Å². The second-order valence-corrected chi connectivity index (χ2v) is 9.33. The third-order valence-corrected chi connectivity index (χ3v) is 5.69. The number of hydrogen-bond acceptors (Lipinski definition) is 8. The van der Waals surface area contributed by atoms with Gasteiger partial charge in [0.05, 0.1) is 12.8 Å². The smallest absolute Gasteiger partial charge is 0.174 e. The predicted octanol–water partition coefficient (Wildman–Crippen LogP) is 3.13. The maximum atomic E-state index is 10.1. The van der Waals surface area contributed by atoms with Gasteiger partial charge in [-0.2, -0.15) is 0 Å². The Labute approximate surface area is 193 Å². The number of aromatic nitrogens is 5. The molecule has 1 aliphatic rings. The van der Waals surface area contributed by atoms with Crippen LogP contribution in [0, 0.1) is 17.8 Å². The fraction of sp³-hybridized carbons (Fsp3) is 0.583. The molecule has 1 atom stereocenters. The minimum Gasteiger partial charge on any atom is -0.489 e. The number of hydrogen-bond donors (Lipinski definition) is 2. The lowest BCUT2D eigenvalue weighted by atomic mass is 10.0. The summed E-state index contributed by atoms with van der Waals surface area (Å²) in [7, 11) is 0. The number of piperidine rings is 1. The van der Waals surface area contributed by atoms with Gasteiger partial charge < -0.3 is 19.7 Å². The van der Waals surface area contributed by atoms with Crippen LogP contribution in [0.15, 0.2) is 10.8 Å². The van der Waals surface area contributed by atoms with Crippen molar-refractivity contribution in [3.8, 4) is 29.1 Å². The number of nitrogens with zero attached hydrogens (tertiary/aromatic N) is 5. The van der Waals surface area contributed by atoms with E-state index in [-0.39, 0.29) is 5.92 Å². The third kappa shape index (κ3) is 5.02. The van der Waals surface area contributed by atoms with Crippen molar-refractivity contribution in [1.82, 2.24) is 30.2 Å². The Balaban J connectivity index is 1.85. The maximum Gasteiger partial charge on any atom is 0.174 e. The van der Waals surface area contributed by atoms with E-state index >= 15 is 0 Å². The highest BCUT2D eigenvalue weighted by Crippen LogP contribution is 2.34. The molecule has 3 aromatic rings. The van der Waals surface area contributed by atoms with Gasteiger partial charge in [-0.15, -0.1) is 0 Å². The zero-order valence-electron chi connectivity index (χ0n) is 20.0. The van der Waals surface area contributed by atoms with Gasteiger partial charge in [-0.05, 0) is 51.2 Å². The fourth-order valence-corrected chi connectivity index (χ4v) is 4.01. The van der Waals surface area contributed by atoms with Crippen molar-refractivity contribution in [3.63, 3.8) is 0 Å². The maximum absolute atomic E-state index is 10.1. The van der Waals surface area contributed by atoms with Crippen LogP contribution in [0.4, 0.5) is 0 Å². The molecule has 0 aliphatic carbocycles. The van der Waals surface area contributed by atoms with Crippen LogP contribution in [0.5, 0.6) is 5.75 Å². The van der Waals surface area contributed by atoms with Gasteiger partial charge in [0.2, 0.25) is 0 Å². The van der Waals surface area contributed by atoms with E-state index in [4.69, 9.17) is 14.3 Å². The molecule has 0 aromatic carbocycles. The molecule has 3 aromatic heterocycles. The molecule has 9 heteroatoms. The average molecular weight is 453 g/mol. The summed E-state index contributed by atoms with van der Waals surface area (Å²) in [6.45, 7) is 12.7. The molecule has 0 spiro atoms. The van der Waals surface area contributed by atoms with Gasteiger partial charge in [0, 0.05) is 24.9 Å². The Hall–Kier alpha value is -2.96. The second-order valence-electron chi connectivity index (χ2n) is 9.33. The molecule has 0 radical (unpaired) electrons. The van der Waals surface area contributed by atoms with E-state index in [0.29, 0.717) is 47.5 Å². The topological polar surface area (TPSA) is 111 Å². The lowest BCUT2D eigenvalue weighted by molar-refractivity contribution is 0.143. The summed E-state index contributed by atoms with van der Waals surface area (Å²) in [5.41, 5.74) is 2.10. The van der Waals surface area contributed by atoms with Crippen LogP contribution in [-0.4, -0.2) is 55.3 Å². The summed E-state index contributed by atoms with van der Waals surface area (Å²) in [5, 5.41) is 21.8. The SMILES string of the molecule is CCn1c(-c2nonc2C(C)C)nc2c(C#CC(C)(C)O)ncc(OCC3CCCNC3)c21. The van der Waals surface area contributed by atoms with E-state index in [1.54, 1.807) is 20.0 Å². The summed E-state index contributed by atoms with van der Waals surface area (Å²) in [5.74, 6) is 7.71. The molecule has 33 heavy (non-hydrogen) atoms. The van der Waals surface area contributed by atoms with Crippen molar-refractivity contribution in [2.24, 2.45) is 5.92 Å². The molecule has 0 saturated carbocycles.